The van der Waals surface area contributed by atoms with Gasteiger partial charge in [-0.05, 0) is 31.1 Å². The zero-order chi connectivity index (χ0) is 18.0. The van der Waals surface area contributed by atoms with E-state index in [4.69, 9.17) is 5.11 Å². The molecule has 1 amide bonds. The Balaban J connectivity index is 1.62. The van der Waals surface area contributed by atoms with Gasteiger partial charge in [0.15, 0.2) is 0 Å². The molecule has 0 aromatic carbocycles. The van der Waals surface area contributed by atoms with Gasteiger partial charge in [0.05, 0.1) is 6.42 Å². The molecule has 1 saturated carbocycles. The molecule has 8 heteroatoms. The Morgan fingerprint density at radius 3 is 2.80 bits per heavy atom. The van der Waals surface area contributed by atoms with Crippen molar-refractivity contribution >= 4 is 5.91 Å². The fourth-order valence-electron chi connectivity index (χ4n) is 3.72. The molecule has 1 aliphatic carbocycles. The van der Waals surface area contributed by atoms with E-state index in [2.05, 4.69) is 15.2 Å². The monoisotopic (exact) mass is 350 g/mol. The Hall–Kier alpha value is -1.93. The van der Waals surface area contributed by atoms with Gasteiger partial charge in [0.25, 0.3) is 5.56 Å². The number of aromatic amines is 1. The molecule has 2 aliphatic rings. The number of carbonyl (C=O) groups excluding carboxylic acids is 1. The highest BCUT2D eigenvalue weighted by molar-refractivity contribution is 5.78. The highest BCUT2D eigenvalue weighted by Crippen LogP contribution is 2.41. The summed E-state index contributed by atoms with van der Waals surface area (Å²) in [4.78, 5) is 40.6. The molecule has 1 aromatic rings. The van der Waals surface area contributed by atoms with Gasteiger partial charge in [-0.3, -0.25) is 14.2 Å². The second kappa shape index (κ2) is 7.53. The highest BCUT2D eigenvalue weighted by Gasteiger charge is 2.42. The van der Waals surface area contributed by atoms with Gasteiger partial charge in [-0.25, -0.2) is 4.79 Å². The summed E-state index contributed by atoms with van der Waals surface area (Å²) in [5.74, 6) is 0.926. The second-order valence-corrected chi connectivity index (χ2v) is 7.17. The van der Waals surface area contributed by atoms with Crippen LogP contribution in [0.15, 0.2) is 15.8 Å². The highest BCUT2D eigenvalue weighted by atomic mass is 16.3. The van der Waals surface area contributed by atoms with Crippen molar-refractivity contribution in [3.8, 4) is 0 Å². The van der Waals surface area contributed by atoms with Gasteiger partial charge in [0.2, 0.25) is 5.91 Å². The third-order valence-corrected chi connectivity index (χ3v) is 5.25. The number of nitrogens with one attached hydrogen (secondary N) is 2. The maximum absolute atomic E-state index is 12.4. The normalized spacial score (nSPS) is 23.8. The van der Waals surface area contributed by atoms with E-state index in [1.54, 1.807) is 0 Å². The van der Waals surface area contributed by atoms with Crippen LogP contribution >= 0.6 is 0 Å². The standard InChI is InChI=1S/C17H26N4O4/c1-20-16(24)12(8-18-17(20)25)7-15(23)19-14-10-21(5-2-6-22)9-13(14)11-3-4-11/h8,11,13-14,22H,2-7,9-10H2,1H3,(H,18,25)(H,19,23)/t13-,14+/m1/s1. The van der Waals surface area contributed by atoms with Crippen LogP contribution in [-0.2, 0) is 18.3 Å². The first kappa shape index (κ1) is 17.9. The molecule has 0 bridgehead atoms. The van der Waals surface area contributed by atoms with Crippen LogP contribution in [0.25, 0.3) is 0 Å². The SMILES string of the molecule is Cn1c(=O)[nH]cc(CC(=O)N[C@H]2CN(CCCO)C[C@@H]2C2CC2)c1=O. The number of aromatic nitrogens is 2. The minimum atomic E-state index is -0.488. The number of aliphatic hydroxyl groups excluding tert-OH is 1. The molecule has 3 rings (SSSR count). The first-order valence-electron chi connectivity index (χ1n) is 8.89. The molecule has 138 valence electrons. The maximum Gasteiger partial charge on any atom is 0.328 e. The molecule has 3 N–H and O–H groups in total. The molecule has 2 fully saturated rings. The number of hydrogen-bond acceptors (Lipinski definition) is 5. The van der Waals surface area contributed by atoms with Crippen LogP contribution in [0.2, 0.25) is 0 Å². The summed E-state index contributed by atoms with van der Waals surface area (Å²) >= 11 is 0. The van der Waals surface area contributed by atoms with Crippen molar-refractivity contribution in [1.82, 2.24) is 19.8 Å². The number of H-pyrrole nitrogens is 1. The zero-order valence-electron chi connectivity index (χ0n) is 14.5. The van der Waals surface area contributed by atoms with E-state index in [9.17, 15) is 14.4 Å². The van der Waals surface area contributed by atoms with Crippen LogP contribution in [0.4, 0.5) is 0 Å². The van der Waals surface area contributed by atoms with Gasteiger partial charge in [0, 0.05) is 51.1 Å². The van der Waals surface area contributed by atoms with E-state index < -0.39 is 11.2 Å². The van der Waals surface area contributed by atoms with Crippen molar-refractivity contribution in [1.29, 1.82) is 0 Å². The van der Waals surface area contributed by atoms with Crippen LogP contribution in [0.5, 0.6) is 0 Å². The predicted molar refractivity (Wildman–Crippen MR) is 92.3 cm³/mol. The Morgan fingerprint density at radius 2 is 2.12 bits per heavy atom. The molecular formula is C17H26N4O4. The Labute approximate surface area is 145 Å². The van der Waals surface area contributed by atoms with Crippen molar-refractivity contribution in [2.45, 2.75) is 31.7 Å². The summed E-state index contributed by atoms with van der Waals surface area (Å²) in [5, 5.41) is 12.1. The number of hydrogen-bond donors (Lipinski definition) is 3. The summed E-state index contributed by atoms with van der Waals surface area (Å²) in [7, 11) is 1.39. The third kappa shape index (κ3) is 4.19. The molecule has 25 heavy (non-hydrogen) atoms. The van der Waals surface area contributed by atoms with Crippen molar-refractivity contribution in [3.63, 3.8) is 0 Å². The lowest BCUT2D eigenvalue weighted by atomic mass is 9.98. The molecular weight excluding hydrogens is 324 g/mol. The van der Waals surface area contributed by atoms with Gasteiger partial charge in [0.1, 0.15) is 0 Å². The molecule has 1 saturated heterocycles. The number of carbonyl (C=O) groups is 1. The van der Waals surface area contributed by atoms with Crippen LogP contribution < -0.4 is 16.6 Å². The van der Waals surface area contributed by atoms with E-state index in [0.29, 0.717) is 11.8 Å². The van der Waals surface area contributed by atoms with E-state index in [0.717, 1.165) is 30.6 Å². The van der Waals surface area contributed by atoms with Crippen LogP contribution in [-0.4, -0.2) is 57.7 Å². The third-order valence-electron chi connectivity index (χ3n) is 5.25. The van der Waals surface area contributed by atoms with E-state index in [-0.39, 0.29) is 30.5 Å². The van der Waals surface area contributed by atoms with Crippen LogP contribution in [0.1, 0.15) is 24.8 Å². The molecule has 0 spiro atoms. The molecule has 0 unspecified atom stereocenters. The number of likely N-dealkylation sites (tertiary alicyclic amines) is 1. The van der Waals surface area contributed by atoms with Crippen LogP contribution in [0.3, 0.4) is 0 Å². The lowest BCUT2D eigenvalue weighted by molar-refractivity contribution is -0.121. The predicted octanol–water partition coefficient (Wildman–Crippen LogP) is -1.17. The average Bonchev–Trinajstić information content (AvgIpc) is 3.35. The first-order chi connectivity index (χ1) is 12.0. The van der Waals surface area contributed by atoms with Crippen LogP contribution in [0, 0.1) is 11.8 Å². The largest absolute Gasteiger partial charge is 0.396 e. The molecule has 1 aliphatic heterocycles. The summed E-state index contributed by atoms with van der Waals surface area (Å²) in [6.07, 6.45) is 4.46. The molecule has 8 nitrogen and oxygen atoms in total. The topological polar surface area (TPSA) is 107 Å². The summed E-state index contributed by atoms with van der Waals surface area (Å²) in [6.45, 7) is 2.76. The lowest BCUT2D eigenvalue weighted by Gasteiger charge is -2.19. The number of aliphatic hydroxyl groups is 1. The average molecular weight is 350 g/mol. The fraction of sp³-hybridized carbons (Fsp3) is 0.706. The molecule has 2 atom stereocenters. The Bertz CT molecular complexity index is 737. The van der Waals surface area contributed by atoms with E-state index in [1.807, 2.05) is 0 Å². The lowest BCUT2D eigenvalue weighted by Crippen LogP contribution is -2.43. The Kier molecular flexibility index (Phi) is 5.39. The fourth-order valence-corrected chi connectivity index (χ4v) is 3.72. The van der Waals surface area contributed by atoms with Gasteiger partial charge in [-0.1, -0.05) is 0 Å². The van der Waals surface area contributed by atoms with E-state index in [1.165, 1.54) is 26.1 Å². The maximum atomic E-state index is 12.4. The Morgan fingerprint density at radius 1 is 1.36 bits per heavy atom. The summed E-state index contributed by atoms with van der Waals surface area (Å²) in [5.41, 5.74) is -0.635. The molecule has 1 aromatic heterocycles. The quantitative estimate of drug-likeness (QED) is 0.574. The van der Waals surface area contributed by atoms with Crippen molar-refractivity contribution in [3.05, 3.63) is 32.6 Å². The van der Waals surface area contributed by atoms with Crippen molar-refractivity contribution in [2.24, 2.45) is 18.9 Å². The van der Waals surface area contributed by atoms with E-state index >= 15 is 0 Å². The van der Waals surface area contributed by atoms with Gasteiger partial charge >= 0.3 is 5.69 Å². The first-order valence-corrected chi connectivity index (χ1v) is 8.89. The van der Waals surface area contributed by atoms with Gasteiger partial charge < -0.3 is 20.3 Å². The van der Waals surface area contributed by atoms with Crippen molar-refractivity contribution in [2.75, 3.05) is 26.2 Å². The summed E-state index contributed by atoms with van der Waals surface area (Å²) < 4.78 is 0.974. The number of amides is 1. The zero-order valence-corrected chi connectivity index (χ0v) is 14.5. The van der Waals surface area contributed by atoms with Gasteiger partial charge in [-0.15, -0.1) is 0 Å². The second-order valence-electron chi connectivity index (χ2n) is 7.17. The minimum Gasteiger partial charge on any atom is -0.396 e. The summed E-state index contributed by atoms with van der Waals surface area (Å²) in [6, 6.07) is 0.0882. The minimum absolute atomic E-state index is 0.0338. The molecule has 0 radical (unpaired) electrons. The van der Waals surface area contributed by atoms with Crippen molar-refractivity contribution < 1.29 is 9.90 Å². The number of nitrogens with zero attached hydrogens (tertiary/aromatic N) is 2. The smallest absolute Gasteiger partial charge is 0.328 e. The number of rotatable bonds is 7. The molecule has 2 heterocycles. The van der Waals surface area contributed by atoms with Gasteiger partial charge in [-0.2, -0.15) is 0 Å².